The van der Waals surface area contributed by atoms with E-state index in [-0.39, 0.29) is 0 Å². The molecule has 5 nitrogen and oxygen atoms in total. The number of hydrogen-bond acceptors (Lipinski definition) is 2. The lowest BCUT2D eigenvalue weighted by Crippen LogP contribution is -3.27. The first-order valence-electron chi connectivity index (χ1n) is 8.74. The van der Waals surface area contributed by atoms with E-state index < -0.39 is 10.0 Å². The predicted octanol–water partition coefficient (Wildman–Crippen LogP) is -1.28. The van der Waals surface area contributed by atoms with Crippen molar-refractivity contribution in [1.82, 2.24) is 4.72 Å². The van der Waals surface area contributed by atoms with Crippen molar-refractivity contribution in [3.63, 3.8) is 0 Å². The van der Waals surface area contributed by atoms with Crippen molar-refractivity contribution in [3.05, 3.63) is 29.8 Å². The van der Waals surface area contributed by atoms with E-state index in [1.807, 2.05) is 12.1 Å². The van der Waals surface area contributed by atoms with Gasteiger partial charge in [-0.3, -0.25) is 0 Å². The molecule has 0 unspecified atom stereocenters. The summed E-state index contributed by atoms with van der Waals surface area (Å²) in [7, 11) is -1.13. The largest absolute Gasteiger partial charge is 0.328 e. The number of nitrogens with one attached hydrogen (secondary N) is 3. The molecule has 0 bridgehead atoms. The molecule has 1 aliphatic rings. The van der Waals surface area contributed by atoms with E-state index in [2.05, 4.69) is 18.7 Å². The monoisotopic (exact) mass is 341 g/mol. The molecule has 1 aliphatic heterocycles. The normalized spacial score (nSPS) is 22.2. The predicted molar refractivity (Wildman–Crippen MR) is 92.4 cm³/mol. The Kier molecular flexibility index (Phi) is 7.02. The Hall–Kier alpha value is -0.950. The number of benzene rings is 1. The maximum atomic E-state index is 12.3. The van der Waals surface area contributed by atoms with Crippen LogP contribution in [0.2, 0.25) is 0 Å². The summed E-state index contributed by atoms with van der Waals surface area (Å²) in [6, 6.07) is 7.24. The Bertz CT molecular complexity index is 564. The fraction of sp³-hybridized carbons (Fsp3) is 0.647. The fourth-order valence-electron chi connectivity index (χ4n) is 3.03. The van der Waals surface area contributed by atoms with Crippen molar-refractivity contribution in [3.8, 4) is 0 Å². The first kappa shape index (κ1) is 18.4. The molecule has 23 heavy (non-hydrogen) atoms. The molecule has 1 aromatic rings. The van der Waals surface area contributed by atoms with Gasteiger partial charge in [-0.2, -0.15) is 0 Å². The molecule has 0 spiro atoms. The Morgan fingerprint density at radius 3 is 2.35 bits per heavy atom. The minimum atomic E-state index is -3.37. The molecule has 0 aromatic heterocycles. The van der Waals surface area contributed by atoms with Crippen LogP contribution in [0.4, 0.5) is 0 Å². The quantitative estimate of drug-likeness (QED) is 0.516. The molecule has 3 N–H and O–H groups in total. The number of quaternary nitrogens is 2. The maximum Gasteiger partial charge on any atom is 0.240 e. The van der Waals surface area contributed by atoms with Gasteiger partial charge in [-0.1, -0.05) is 25.5 Å². The second-order valence-corrected chi connectivity index (χ2v) is 8.37. The lowest BCUT2D eigenvalue weighted by Gasteiger charge is -2.27. The van der Waals surface area contributed by atoms with Crippen LogP contribution < -0.4 is 14.5 Å². The van der Waals surface area contributed by atoms with E-state index in [1.165, 1.54) is 31.7 Å². The zero-order chi connectivity index (χ0) is 16.7. The minimum Gasteiger partial charge on any atom is -0.328 e. The van der Waals surface area contributed by atoms with Gasteiger partial charge in [0.05, 0.1) is 18.5 Å². The summed E-state index contributed by atoms with van der Waals surface area (Å²) in [4.78, 5) is 3.56. The zero-order valence-corrected chi connectivity index (χ0v) is 15.2. The summed E-state index contributed by atoms with van der Waals surface area (Å²) in [5.41, 5.74) is 1.19. The van der Waals surface area contributed by atoms with E-state index in [9.17, 15) is 8.42 Å². The van der Waals surface area contributed by atoms with Crippen LogP contribution in [0, 0.1) is 0 Å². The highest BCUT2D eigenvalue weighted by Crippen LogP contribution is 2.11. The van der Waals surface area contributed by atoms with Gasteiger partial charge in [0.1, 0.15) is 26.2 Å². The highest BCUT2D eigenvalue weighted by Gasteiger charge is 2.19. The molecule has 1 saturated heterocycles. The van der Waals surface area contributed by atoms with Crippen LogP contribution in [-0.4, -0.2) is 54.7 Å². The Labute approximate surface area is 140 Å². The first-order valence-corrected chi connectivity index (χ1v) is 10.2. The number of rotatable bonds is 8. The summed E-state index contributed by atoms with van der Waals surface area (Å²) >= 11 is 0. The Morgan fingerprint density at radius 2 is 1.74 bits per heavy atom. The summed E-state index contributed by atoms with van der Waals surface area (Å²) in [6.07, 6.45) is 2.95. The van der Waals surface area contributed by atoms with Crippen molar-refractivity contribution in [2.75, 3.05) is 46.3 Å². The van der Waals surface area contributed by atoms with Crippen LogP contribution in [0.1, 0.15) is 25.3 Å². The number of aryl methyl sites for hydroxylation is 1. The van der Waals surface area contributed by atoms with Gasteiger partial charge in [0.25, 0.3) is 0 Å². The van der Waals surface area contributed by atoms with Gasteiger partial charge in [0.15, 0.2) is 0 Å². The summed E-state index contributed by atoms with van der Waals surface area (Å²) in [6.45, 7) is 8.50. The molecule has 0 aliphatic carbocycles. The first-order chi connectivity index (χ1) is 11.0. The Balaban J connectivity index is 1.75. The van der Waals surface area contributed by atoms with Gasteiger partial charge < -0.3 is 9.80 Å². The number of sulfonamides is 1. The van der Waals surface area contributed by atoms with Crippen molar-refractivity contribution in [2.45, 2.75) is 31.1 Å². The van der Waals surface area contributed by atoms with Gasteiger partial charge in [-0.15, -0.1) is 0 Å². The average molecular weight is 342 g/mol. The van der Waals surface area contributed by atoms with E-state index in [0.717, 1.165) is 25.8 Å². The third-order valence-electron chi connectivity index (χ3n) is 4.58. The van der Waals surface area contributed by atoms with E-state index in [0.29, 0.717) is 11.4 Å². The molecule has 6 heteroatoms. The summed E-state index contributed by atoms with van der Waals surface area (Å²) in [5.74, 6) is 0. The van der Waals surface area contributed by atoms with Gasteiger partial charge >= 0.3 is 0 Å². The Morgan fingerprint density at radius 1 is 1.09 bits per heavy atom. The number of piperazine rings is 1. The molecule has 0 radical (unpaired) electrons. The van der Waals surface area contributed by atoms with E-state index >= 15 is 0 Å². The van der Waals surface area contributed by atoms with Gasteiger partial charge in [0.2, 0.25) is 10.0 Å². The molecule has 0 saturated carbocycles. The molecular weight excluding hydrogens is 310 g/mol. The van der Waals surface area contributed by atoms with Gasteiger partial charge in [-0.05, 0) is 24.1 Å². The third-order valence-corrected chi connectivity index (χ3v) is 6.06. The van der Waals surface area contributed by atoms with E-state index in [4.69, 9.17) is 0 Å². The van der Waals surface area contributed by atoms with E-state index in [1.54, 1.807) is 21.9 Å². The highest BCUT2D eigenvalue weighted by atomic mass is 32.2. The lowest BCUT2D eigenvalue weighted by molar-refractivity contribution is -1.00. The van der Waals surface area contributed by atoms with Crippen molar-refractivity contribution in [2.24, 2.45) is 0 Å². The maximum absolute atomic E-state index is 12.3. The molecule has 0 amide bonds. The second-order valence-electron chi connectivity index (χ2n) is 6.60. The molecule has 2 rings (SSSR count). The second kappa shape index (κ2) is 8.78. The van der Waals surface area contributed by atoms with Crippen LogP contribution in [0.3, 0.4) is 0 Å². The van der Waals surface area contributed by atoms with Crippen molar-refractivity contribution < 1.29 is 18.2 Å². The molecule has 0 atom stereocenters. The van der Waals surface area contributed by atoms with Crippen molar-refractivity contribution >= 4 is 10.0 Å². The van der Waals surface area contributed by atoms with Crippen LogP contribution in [-0.2, 0) is 16.4 Å². The number of hydrogen-bond donors (Lipinski definition) is 3. The molecule has 1 heterocycles. The van der Waals surface area contributed by atoms with Crippen molar-refractivity contribution in [1.29, 1.82) is 0 Å². The van der Waals surface area contributed by atoms with Gasteiger partial charge in [0, 0.05) is 13.0 Å². The standard InChI is InChI=1S/C17H29N3O2S/c1-3-5-16-6-8-17(9-7-16)23(21,22)18-10-4-11-20-14-12-19(2)13-15-20/h6-9,18H,3-5,10-15H2,1-2H3/p+2. The van der Waals surface area contributed by atoms with Gasteiger partial charge in [-0.25, -0.2) is 13.1 Å². The highest BCUT2D eigenvalue weighted by molar-refractivity contribution is 7.89. The van der Waals surface area contributed by atoms with Crippen LogP contribution in [0.15, 0.2) is 29.2 Å². The SMILES string of the molecule is CCCc1ccc(S(=O)(=O)NCCC[NH+]2CC[NH+](C)CC2)cc1. The third kappa shape index (κ3) is 5.88. The molecular formula is C17H31N3O2S+2. The smallest absolute Gasteiger partial charge is 0.240 e. The fourth-order valence-corrected chi connectivity index (χ4v) is 4.11. The molecule has 130 valence electrons. The number of likely N-dealkylation sites (N-methyl/N-ethyl adjacent to an activating group) is 1. The summed E-state index contributed by atoms with van der Waals surface area (Å²) < 4.78 is 27.3. The summed E-state index contributed by atoms with van der Waals surface area (Å²) in [5, 5.41) is 0. The van der Waals surface area contributed by atoms with Crippen LogP contribution >= 0.6 is 0 Å². The molecule has 1 fully saturated rings. The van der Waals surface area contributed by atoms with Crippen LogP contribution in [0.5, 0.6) is 0 Å². The topological polar surface area (TPSA) is 55.0 Å². The lowest BCUT2D eigenvalue weighted by atomic mass is 10.1. The molecule has 1 aromatic carbocycles. The average Bonchev–Trinajstić information content (AvgIpc) is 2.54. The van der Waals surface area contributed by atoms with Crippen LogP contribution in [0.25, 0.3) is 0 Å². The zero-order valence-electron chi connectivity index (χ0n) is 14.4. The minimum absolute atomic E-state index is 0.368.